The van der Waals surface area contributed by atoms with Crippen molar-refractivity contribution in [2.75, 3.05) is 7.05 Å². The molecule has 0 saturated heterocycles. The van der Waals surface area contributed by atoms with Crippen molar-refractivity contribution >= 4 is 22.2 Å². The summed E-state index contributed by atoms with van der Waals surface area (Å²) in [7, 11) is 1.97. The maximum absolute atomic E-state index is 12.5. The highest BCUT2D eigenvalue weighted by molar-refractivity contribution is 7.10. The Bertz CT molecular complexity index is 877. The highest BCUT2D eigenvalue weighted by atomic mass is 32.1. The van der Waals surface area contributed by atoms with Crippen LogP contribution in [0.3, 0.4) is 0 Å². The second-order valence-corrected chi connectivity index (χ2v) is 6.54. The van der Waals surface area contributed by atoms with Crippen LogP contribution in [0.5, 0.6) is 0 Å². The number of fused-ring (bicyclic) bond motifs is 1. The van der Waals surface area contributed by atoms with E-state index in [1.807, 2.05) is 14.0 Å². The first-order valence-electron chi connectivity index (χ1n) is 7.02. The molecule has 0 bridgehead atoms. The third-order valence-corrected chi connectivity index (χ3v) is 4.70. The minimum atomic E-state index is -0.216. The van der Waals surface area contributed by atoms with Crippen molar-refractivity contribution in [3.8, 4) is 0 Å². The molecule has 3 rings (SSSR count). The molecule has 0 unspecified atom stereocenters. The van der Waals surface area contributed by atoms with Crippen LogP contribution in [0.1, 0.15) is 21.9 Å². The zero-order chi connectivity index (χ0) is 15.9. The number of aryl methyl sites for hydroxylation is 3. The van der Waals surface area contributed by atoms with E-state index in [1.54, 1.807) is 18.3 Å². The van der Waals surface area contributed by atoms with Crippen molar-refractivity contribution in [2.24, 2.45) is 0 Å². The summed E-state index contributed by atoms with van der Waals surface area (Å²) >= 11 is 1.72. The van der Waals surface area contributed by atoms with E-state index in [9.17, 15) is 4.79 Å². The number of hydrogen-bond donors (Lipinski definition) is 0. The first-order chi connectivity index (χ1) is 10.5. The molecule has 0 aliphatic carbocycles. The van der Waals surface area contributed by atoms with Crippen LogP contribution in [0.15, 0.2) is 20.8 Å². The van der Waals surface area contributed by atoms with Crippen LogP contribution in [0.25, 0.3) is 10.9 Å². The number of aromatic nitrogens is 3. The number of nitrogens with zero attached hydrogens (tertiary/aromatic N) is 4. The molecule has 3 aromatic rings. The minimum Gasteiger partial charge on any atom is -0.360 e. The van der Waals surface area contributed by atoms with Crippen molar-refractivity contribution in [1.29, 1.82) is 0 Å². The maximum atomic E-state index is 12.5. The fourth-order valence-electron chi connectivity index (χ4n) is 2.53. The van der Waals surface area contributed by atoms with E-state index in [4.69, 9.17) is 4.52 Å². The van der Waals surface area contributed by atoms with Gasteiger partial charge in [0.05, 0.1) is 17.7 Å². The molecule has 0 atom stereocenters. The summed E-state index contributed by atoms with van der Waals surface area (Å²) < 4.78 is 6.57. The summed E-state index contributed by atoms with van der Waals surface area (Å²) in [6.45, 7) is 6.95. The van der Waals surface area contributed by atoms with Gasteiger partial charge in [0.2, 0.25) is 0 Å². The van der Waals surface area contributed by atoms with Crippen LogP contribution in [0, 0.1) is 20.8 Å². The van der Waals surface area contributed by atoms with Gasteiger partial charge in [-0.3, -0.25) is 9.69 Å². The highest BCUT2D eigenvalue weighted by Crippen LogP contribution is 2.18. The van der Waals surface area contributed by atoms with E-state index in [1.165, 1.54) is 15.1 Å². The van der Waals surface area contributed by atoms with E-state index in [2.05, 4.69) is 33.5 Å². The number of rotatable bonds is 4. The normalized spacial score (nSPS) is 11.7. The van der Waals surface area contributed by atoms with Gasteiger partial charge < -0.3 is 4.52 Å². The second kappa shape index (κ2) is 5.66. The van der Waals surface area contributed by atoms with Gasteiger partial charge in [0, 0.05) is 11.4 Å². The predicted molar refractivity (Wildman–Crippen MR) is 86.1 cm³/mol. The van der Waals surface area contributed by atoms with Crippen molar-refractivity contribution in [2.45, 2.75) is 34.0 Å². The summed E-state index contributed by atoms with van der Waals surface area (Å²) in [6, 6.07) is 2.10. The van der Waals surface area contributed by atoms with Crippen LogP contribution in [0.2, 0.25) is 0 Å². The third-order valence-electron chi connectivity index (χ3n) is 3.69. The second-order valence-electron chi connectivity index (χ2n) is 5.53. The molecule has 0 amide bonds. The lowest BCUT2D eigenvalue weighted by Crippen LogP contribution is -2.32. The Morgan fingerprint density at radius 2 is 2.14 bits per heavy atom. The highest BCUT2D eigenvalue weighted by Gasteiger charge is 2.16. The summed E-state index contributed by atoms with van der Waals surface area (Å²) in [6.07, 6.45) is 0. The standard InChI is InChI=1S/C15H18N4O2S/c1-9-5-6-22-12(9)7-18(4)8-19-15(20)14-13(10(2)16-19)11(3)21-17-14/h5-6H,7-8H2,1-4H3. The van der Waals surface area contributed by atoms with Gasteiger partial charge in [0.15, 0.2) is 5.52 Å². The monoisotopic (exact) mass is 318 g/mol. The lowest BCUT2D eigenvalue weighted by atomic mass is 10.2. The molecule has 0 N–H and O–H groups in total. The average molecular weight is 318 g/mol. The molecule has 6 nitrogen and oxygen atoms in total. The Morgan fingerprint density at radius 3 is 2.82 bits per heavy atom. The Kier molecular flexibility index (Phi) is 3.84. The number of thiophene rings is 1. The molecular weight excluding hydrogens is 300 g/mol. The summed E-state index contributed by atoms with van der Waals surface area (Å²) in [4.78, 5) is 15.8. The predicted octanol–water partition coefficient (Wildman–Crippen LogP) is 2.46. The Balaban J connectivity index is 1.89. The van der Waals surface area contributed by atoms with Crippen molar-refractivity contribution < 1.29 is 4.52 Å². The quantitative estimate of drug-likeness (QED) is 0.739. The summed E-state index contributed by atoms with van der Waals surface area (Å²) in [5.74, 6) is 0.631. The van der Waals surface area contributed by atoms with Crippen molar-refractivity contribution in [3.63, 3.8) is 0 Å². The van der Waals surface area contributed by atoms with Gasteiger partial charge in [-0.1, -0.05) is 5.16 Å². The first-order valence-corrected chi connectivity index (χ1v) is 7.90. The molecule has 0 aliphatic heterocycles. The zero-order valence-electron chi connectivity index (χ0n) is 13.1. The summed E-state index contributed by atoms with van der Waals surface area (Å²) in [5, 5.41) is 11.1. The van der Waals surface area contributed by atoms with Gasteiger partial charge in [0.1, 0.15) is 5.76 Å². The van der Waals surface area contributed by atoms with Crippen LogP contribution in [0.4, 0.5) is 0 Å². The van der Waals surface area contributed by atoms with Crippen LogP contribution < -0.4 is 5.56 Å². The topological polar surface area (TPSA) is 64.2 Å². The van der Waals surface area contributed by atoms with Crippen molar-refractivity contribution in [3.05, 3.63) is 43.7 Å². The first kappa shape index (κ1) is 14.9. The van der Waals surface area contributed by atoms with Gasteiger partial charge in [0.25, 0.3) is 5.56 Å². The molecule has 0 spiro atoms. The van der Waals surface area contributed by atoms with Gasteiger partial charge in [-0.25, -0.2) is 4.68 Å². The summed E-state index contributed by atoms with van der Waals surface area (Å²) in [5.41, 5.74) is 2.17. The molecule has 0 aromatic carbocycles. The molecule has 0 radical (unpaired) electrons. The average Bonchev–Trinajstić information content (AvgIpc) is 3.03. The van der Waals surface area contributed by atoms with Gasteiger partial charge in [-0.2, -0.15) is 5.10 Å². The van der Waals surface area contributed by atoms with E-state index < -0.39 is 0 Å². The van der Waals surface area contributed by atoms with Gasteiger partial charge >= 0.3 is 0 Å². The minimum absolute atomic E-state index is 0.216. The molecule has 3 aromatic heterocycles. The molecule has 7 heteroatoms. The van der Waals surface area contributed by atoms with E-state index in [0.29, 0.717) is 17.9 Å². The lowest BCUT2D eigenvalue weighted by Gasteiger charge is -2.17. The SMILES string of the molecule is Cc1ccsc1CN(C)Cn1nc(C)c2c(C)onc2c1=O. The third kappa shape index (κ3) is 2.57. The smallest absolute Gasteiger partial charge is 0.298 e. The number of hydrogen-bond acceptors (Lipinski definition) is 6. The molecule has 0 aliphatic rings. The van der Waals surface area contributed by atoms with Crippen molar-refractivity contribution in [1.82, 2.24) is 19.8 Å². The van der Waals surface area contributed by atoms with Crippen LogP contribution in [-0.2, 0) is 13.2 Å². The Labute approximate surface area is 132 Å². The fourth-order valence-corrected chi connectivity index (χ4v) is 3.51. The van der Waals surface area contributed by atoms with E-state index >= 15 is 0 Å². The van der Waals surface area contributed by atoms with Crippen LogP contribution >= 0.6 is 11.3 Å². The molecular formula is C15H18N4O2S. The Morgan fingerprint density at radius 1 is 1.36 bits per heavy atom. The largest absolute Gasteiger partial charge is 0.360 e. The van der Waals surface area contributed by atoms with Crippen LogP contribution in [-0.4, -0.2) is 26.9 Å². The molecule has 116 valence electrons. The fraction of sp³-hybridized carbons (Fsp3) is 0.400. The molecule has 0 saturated carbocycles. The molecule has 22 heavy (non-hydrogen) atoms. The maximum Gasteiger partial charge on any atom is 0.298 e. The van der Waals surface area contributed by atoms with Gasteiger partial charge in [-0.15, -0.1) is 11.3 Å². The molecule has 3 heterocycles. The zero-order valence-corrected chi connectivity index (χ0v) is 13.9. The Hall–Kier alpha value is -1.99. The van der Waals surface area contributed by atoms with E-state index in [-0.39, 0.29) is 5.56 Å². The van der Waals surface area contributed by atoms with Gasteiger partial charge in [-0.05, 0) is 44.8 Å². The lowest BCUT2D eigenvalue weighted by molar-refractivity contribution is 0.241. The van der Waals surface area contributed by atoms with E-state index in [0.717, 1.165) is 17.6 Å². The molecule has 0 fully saturated rings.